The molecule has 2 aliphatic heterocycles. The smallest absolute Gasteiger partial charge is 0.319 e. The number of benzene rings is 1. The van der Waals surface area contributed by atoms with Gasteiger partial charge < -0.3 is 20.0 Å². The number of hydrogen-bond donors (Lipinski definition) is 2. The number of furan rings is 1. The van der Waals surface area contributed by atoms with E-state index < -0.39 is 22.8 Å². The Labute approximate surface area is 188 Å². The molecule has 32 heavy (non-hydrogen) atoms. The van der Waals surface area contributed by atoms with Crippen LogP contribution in [0, 0.1) is 11.3 Å². The number of hydrogen-bond acceptors (Lipinski definition) is 3. The van der Waals surface area contributed by atoms with Crippen LogP contribution in [0.15, 0.2) is 16.5 Å². The molecule has 2 aromatic rings. The number of fused-ring (bicyclic) bond motifs is 5. The van der Waals surface area contributed by atoms with E-state index in [9.17, 15) is 18.4 Å². The number of carbonyl (C=O) groups excluding carboxylic acids is 2. The normalized spacial score (nSPS) is 29.8. The van der Waals surface area contributed by atoms with E-state index in [0.717, 1.165) is 37.7 Å². The topological polar surface area (TPSA) is 74.6 Å². The summed E-state index contributed by atoms with van der Waals surface area (Å²) in [5.41, 5.74) is 0.213. The molecule has 3 amide bonds. The highest BCUT2D eigenvalue weighted by molar-refractivity contribution is 6.35. The zero-order valence-corrected chi connectivity index (χ0v) is 18.5. The van der Waals surface area contributed by atoms with Crippen LogP contribution < -0.4 is 10.6 Å². The molecule has 1 aromatic heterocycles. The molecule has 2 atom stereocenters. The van der Waals surface area contributed by atoms with Crippen molar-refractivity contribution < 1.29 is 22.8 Å². The number of halogens is 3. The predicted octanol–water partition coefficient (Wildman–Crippen LogP) is 5.50. The summed E-state index contributed by atoms with van der Waals surface area (Å²) in [4.78, 5) is 27.0. The summed E-state index contributed by atoms with van der Waals surface area (Å²) in [7, 11) is 0. The lowest BCUT2D eigenvalue weighted by Gasteiger charge is -2.42. The first-order valence-corrected chi connectivity index (χ1v) is 11.6. The number of alkyl halides is 2. The molecule has 6 rings (SSSR count). The Morgan fingerprint density at radius 3 is 2.69 bits per heavy atom. The van der Waals surface area contributed by atoms with Gasteiger partial charge in [0.2, 0.25) is 0 Å². The molecule has 0 unspecified atom stereocenters. The quantitative estimate of drug-likeness (QED) is 0.586. The third-order valence-corrected chi connectivity index (χ3v) is 8.52. The van der Waals surface area contributed by atoms with Gasteiger partial charge in [-0.1, -0.05) is 37.8 Å². The predicted molar refractivity (Wildman–Crippen MR) is 115 cm³/mol. The maximum Gasteiger partial charge on any atom is 0.319 e. The second kappa shape index (κ2) is 6.37. The van der Waals surface area contributed by atoms with Crippen molar-refractivity contribution in [3.8, 4) is 0 Å². The number of piperidine rings is 1. The molecule has 1 saturated heterocycles. The lowest BCUT2D eigenvalue weighted by atomic mass is 9.74. The van der Waals surface area contributed by atoms with Crippen molar-refractivity contribution in [2.75, 3.05) is 18.4 Å². The van der Waals surface area contributed by atoms with Gasteiger partial charge in [-0.05, 0) is 31.4 Å². The van der Waals surface area contributed by atoms with Gasteiger partial charge >= 0.3 is 6.03 Å². The van der Waals surface area contributed by atoms with Crippen LogP contribution in [0.25, 0.3) is 11.0 Å². The molecular formula is C23H24ClF2N3O3. The zero-order valence-electron chi connectivity index (χ0n) is 17.7. The average molecular weight is 464 g/mol. The highest BCUT2D eigenvalue weighted by Gasteiger charge is 2.78. The van der Waals surface area contributed by atoms with Gasteiger partial charge in [0.05, 0.1) is 22.2 Å². The second-order valence-corrected chi connectivity index (χ2v) is 10.4. The highest BCUT2D eigenvalue weighted by Crippen LogP contribution is 2.69. The Hall–Kier alpha value is -2.35. The second-order valence-electron chi connectivity index (χ2n) is 9.95. The van der Waals surface area contributed by atoms with E-state index in [4.69, 9.17) is 16.0 Å². The fourth-order valence-electron chi connectivity index (χ4n) is 6.14. The van der Waals surface area contributed by atoms with Gasteiger partial charge in [0.25, 0.3) is 11.8 Å². The number of likely N-dealkylation sites (tertiary alicyclic amines) is 1. The van der Waals surface area contributed by atoms with Crippen LogP contribution in [0.2, 0.25) is 5.02 Å². The number of anilines is 1. The van der Waals surface area contributed by atoms with Crippen LogP contribution in [-0.2, 0) is 5.54 Å². The van der Waals surface area contributed by atoms with Crippen LogP contribution in [0.4, 0.5) is 19.3 Å². The molecule has 1 spiro atoms. The molecule has 2 saturated carbocycles. The van der Waals surface area contributed by atoms with Crippen molar-refractivity contribution >= 4 is 40.2 Å². The average Bonchev–Trinajstić information content (AvgIpc) is 3.01. The van der Waals surface area contributed by atoms with Crippen molar-refractivity contribution in [3.63, 3.8) is 0 Å². The molecule has 9 heteroatoms. The van der Waals surface area contributed by atoms with Gasteiger partial charge in [0.1, 0.15) is 5.58 Å². The summed E-state index contributed by atoms with van der Waals surface area (Å²) in [5.74, 6) is -3.80. The summed E-state index contributed by atoms with van der Waals surface area (Å²) in [6.45, 7) is 1.90. The van der Waals surface area contributed by atoms with Crippen LogP contribution >= 0.6 is 11.6 Å². The third kappa shape index (κ3) is 2.56. The van der Waals surface area contributed by atoms with Gasteiger partial charge in [-0.3, -0.25) is 4.79 Å². The monoisotopic (exact) mass is 463 g/mol. The molecular weight excluding hydrogens is 440 g/mol. The minimum atomic E-state index is -2.72. The first kappa shape index (κ1) is 20.3. The van der Waals surface area contributed by atoms with Crippen LogP contribution in [0.3, 0.4) is 0 Å². The number of urea groups is 1. The largest absolute Gasteiger partial charge is 0.450 e. The van der Waals surface area contributed by atoms with E-state index >= 15 is 0 Å². The minimum absolute atomic E-state index is 0.0276. The van der Waals surface area contributed by atoms with Crippen molar-refractivity contribution in [3.05, 3.63) is 28.5 Å². The maximum atomic E-state index is 14.1. The maximum absolute atomic E-state index is 14.1. The van der Waals surface area contributed by atoms with Crippen LogP contribution in [-0.4, -0.2) is 35.9 Å². The number of nitrogens with zero attached hydrogens (tertiary/aromatic N) is 1. The van der Waals surface area contributed by atoms with Crippen molar-refractivity contribution in [1.29, 1.82) is 0 Å². The fraction of sp³-hybridized carbons (Fsp3) is 0.565. The molecule has 0 bridgehead atoms. The number of amides is 3. The molecule has 3 heterocycles. The summed E-state index contributed by atoms with van der Waals surface area (Å²) >= 11 is 6.53. The van der Waals surface area contributed by atoms with E-state index in [1.807, 2.05) is 0 Å². The van der Waals surface area contributed by atoms with Crippen LogP contribution in [0.1, 0.15) is 61.6 Å². The third-order valence-electron chi connectivity index (χ3n) is 8.22. The summed E-state index contributed by atoms with van der Waals surface area (Å²) in [6, 6.07) is 3.01. The van der Waals surface area contributed by atoms with Crippen molar-refractivity contribution in [1.82, 2.24) is 10.2 Å². The van der Waals surface area contributed by atoms with Crippen molar-refractivity contribution in [2.24, 2.45) is 11.3 Å². The van der Waals surface area contributed by atoms with E-state index in [1.165, 1.54) is 4.90 Å². The molecule has 6 nitrogen and oxygen atoms in total. The highest BCUT2D eigenvalue weighted by atomic mass is 35.5. The Kier molecular flexibility index (Phi) is 4.03. The molecule has 1 aromatic carbocycles. The van der Waals surface area contributed by atoms with E-state index in [0.29, 0.717) is 21.7 Å². The summed E-state index contributed by atoms with van der Waals surface area (Å²) in [6.07, 6.45) is 4.80. The standard InChI is InChI=1S/C23H24ClF2N3O3/c1-21-7-8-29(11-15(21)23(21,25)26)19(30)14-10-12-9-13(24)17-16(18(12)32-14)22(28-20(31)27-17)5-3-2-4-6-22/h9-10,15H,2-8,11H2,1H3,(H2,27,28,31)/t15-,21+/m0/s1. The van der Waals surface area contributed by atoms with Gasteiger partial charge in [0.15, 0.2) is 5.76 Å². The zero-order chi connectivity index (χ0) is 22.5. The molecule has 170 valence electrons. The SMILES string of the molecule is C[C@@]12CCN(C(=O)c3cc4cc(Cl)c5c(c4o3)C3(CCCCC3)NC(=O)N5)C[C@@H]1C2(F)F. The number of rotatable bonds is 1. The Morgan fingerprint density at radius 1 is 1.22 bits per heavy atom. The minimum Gasteiger partial charge on any atom is -0.450 e. The van der Waals surface area contributed by atoms with E-state index in [-0.39, 0.29) is 37.2 Å². The van der Waals surface area contributed by atoms with Gasteiger partial charge in [-0.25, -0.2) is 13.6 Å². The first-order chi connectivity index (χ1) is 15.2. The Morgan fingerprint density at radius 2 is 1.97 bits per heavy atom. The molecule has 2 N–H and O–H groups in total. The number of carbonyl (C=O) groups is 2. The lowest BCUT2D eigenvalue weighted by Crippen LogP contribution is -2.52. The fourth-order valence-corrected chi connectivity index (χ4v) is 6.40. The Bertz CT molecular complexity index is 1170. The van der Waals surface area contributed by atoms with Gasteiger partial charge in [0, 0.05) is 29.5 Å². The summed E-state index contributed by atoms with van der Waals surface area (Å²) in [5, 5.41) is 6.94. The van der Waals surface area contributed by atoms with Crippen molar-refractivity contribution in [2.45, 2.75) is 56.9 Å². The first-order valence-electron chi connectivity index (χ1n) is 11.2. The molecule has 0 radical (unpaired) electrons. The molecule has 4 aliphatic rings. The Balaban J connectivity index is 1.41. The van der Waals surface area contributed by atoms with E-state index in [1.54, 1.807) is 19.1 Å². The van der Waals surface area contributed by atoms with Gasteiger partial charge in [-0.2, -0.15) is 0 Å². The number of nitrogens with one attached hydrogen (secondary N) is 2. The van der Waals surface area contributed by atoms with Gasteiger partial charge in [-0.15, -0.1) is 0 Å². The summed E-state index contributed by atoms with van der Waals surface area (Å²) < 4.78 is 34.4. The lowest BCUT2D eigenvalue weighted by molar-refractivity contribution is 0.0634. The molecule has 2 aliphatic carbocycles. The molecule has 3 fully saturated rings. The van der Waals surface area contributed by atoms with Crippen LogP contribution in [0.5, 0.6) is 0 Å². The van der Waals surface area contributed by atoms with E-state index in [2.05, 4.69) is 10.6 Å².